The molecule has 0 aromatic carbocycles. The molecule has 0 bridgehead atoms. The van der Waals surface area contributed by atoms with Gasteiger partial charge in [0.25, 0.3) is 0 Å². The van der Waals surface area contributed by atoms with Gasteiger partial charge in [-0.05, 0) is 58.7 Å². The zero-order valence-corrected chi connectivity index (χ0v) is 21.5. The third-order valence-electron chi connectivity index (χ3n) is 7.09. The predicted molar refractivity (Wildman–Crippen MR) is 135 cm³/mol. The van der Waals surface area contributed by atoms with Gasteiger partial charge in [0, 0.05) is 0 Å². The lowest BCUT2D eigenvalue weighted by Gasteiger charge is -2.29. The van der Waals surface area contributed by atoms with Crippen molar-refractivity contribution in [2.45, 2.75) is 148 Å². The van der Waals surface area contributed by atoms with Gasteiger partial charge in [-0.1, -0.05) is 104 Å². The number of likely N-dealkylation sites (tertiary alicyclic amines) is 1. The minimum atomic E-state index is 0.0944. The summed E-state index contributed by atoms with van der Waals surface area (Å²) in [6, 6.07) is 0. The summed E-state index contributed by atoms with van der Waals surface area (Å²) in [7, 11) is 2.15. The summed E-state index contributed by atoms with van der Waals surface area (Å²) in [4.78, 5) is 15.1. The van der Waals surface area contributed by atoms with Crippen LogP contribution < -0.4 is 0 Å². The Kier molecular flexibility index (Phi) is 18.4. The van der Waals surface area contributed by atoms with Gasteiger partial charge < -0.3 is 9.64 Å². The van der Waals surface area contributed by atoms with E-state index in [1.807, 2.05) is 0 Å². The molecule has 0 aromatic heterocycles. The quantitative estimate of drug-likeness (QED) is 0.142. The lowest BCUT2D eigenvalue weighted by atomic mass is 9.97. The second kappa shape index (κ2) is 20.1. The Balaban J connectivity index is 2.25. The number of nitrogens with zero attached hydrogens (tertiary/aromatic N) is 1. The van der Waals surface area contributed by atoms with E-state index in [1.165, 1.54) is 103 Å². The van der Waals surface area contributed by atoms with Crippen LogP contribution in [0.25, 0.3) is 0 Å². The maximum absolute atomic E-state index is 12.7. The molecule has 1 aliphatic rings. The fourth-order valence-corrected chi connectivity index (χ4v) is 4.78. The fraction of sp³-hybridized carbons (Fsp3) is 0.964. The lowest BCUT2D eigenvalue weighted by Crippen LogP contribution is -2.35. The van der Waals surface area contributed by atoms with Crippen molar-refractivity contribution in [1.29, 1.82) is 0 Å². The van der Waals surface area contributed by atoms with Gasteiger partial charge >= 0.3 is 5.97 Å². The molecule has 1 heterocycles. The highest BCUT2D eigenvalue weighted by Crippen LogP contribution is 2.22. The zero-order chi connectivity index (χ0) is 22.6. The molecule has 31 heavy (non-hydrogen) atoms. The summed E-state index contributed by atoms with van der Waals surface area (Å²) in [5, 5.41) is 0. The van der Waals surface area contributed by atoms with Crippen molar-refractivity contribution in [3.05, 3.63) is 0 Å². The van der Waals surface area contributed by atoms with Crippen molar-refractivity contribution in [1.82, 2.24) is 4.90 Å². The van der Waals surface area contributed by atoms with E-state index in [2.05, 4.69) is 25.8 Å². The van der Waals surface area contributed by atoms with Crippen molar-refractivity contribution in [2.75, 3.05) is 20.1 Å². The number of hydrogen-bond donors (Lipinski definition) is 0. The molecule has 0 amide bonds. The molecule has 0 spiro atoms. The molecule has 1 aliphatic heterocycles. The van der Waals surface area contributed by atoms with Crippen LogP contribution in [0.5, 0.6) is 0 Å². The van der Waals surface area contributed by atoms with Gasteiger partial charge in [-0.2, -0.15) is 0 Å². The third-order valence-corrected chi connectivity index (χ3v) is 7.09. The maximum atomic E-state index is 12.7. The number of ether oxygens (including phenoxy) is 1. The SMILES string of the molecule is CCCCCCCCCCCC(CCCCCCCCC)OC(=O)C1CCN(C)CC1. The summed E-state index contributed by atoms with van der Waals surface area (Å²) in [6.07, 6.45) is 25.7. The zero-order valence-electron chi connectivity index (χ0n) is 21.5. The monoisotopic (exact) mass is 437 g/mol. The Morgan fingerprint density at radius 2 is 1.10 bits per heavy atom. The van der Waals surface area contributed by atoms with Crippen molar-refractivity contribution in [3.63, 3.8) is 0 Å². The minimum absolute atomic E-state index is 0.0944. The molecule has 1 fully saturated rings. The largest absolute Gasteiger partial charge is 0.462 e. The number of hydrogen-bond acceptors (Lipinski definition) is 3. The van der Waals surface area contributed by atoms with Crippen molar-refractivity contribution in [2.24, 2.45) is 5.92 Å². The van der Waals surface area contributed by atoms with Crippen molar-refractivity contribution < 1.29 is 9.53 Å². The van der Waals surface area contributed by atoms with Crippen LogP contribution in [0.4, 0.5) is 0 Å². The van der Waals surface area contributed by atoms with Crippen molar-refractivity contribution in [3.8, 4) is 0 Å². The van der Waals surface area contributed by atoms with Crippen LogP contribution in [0.1, 0.15) is 142 Å². The number of carbonyl (C=O) groups is 1. The van der Waals surface area contributed by atoms with Crippen LogP contribution in [-0.4, -0.2) is 37.1 Å². The molecule has 1 unspecified atom stereocenters. The van der Waals surface area contributed by atoms with Crippen LogP contribution in [-0.2, 0) is 9.53 Å². The molecule has 3 heteroatoms. The van der Waals surface area contributed by atoms with E-state index in [4.69, 9.17) is 4.74 Å². The van der Waals surface area contributed by atoms with Crippen LogP contribution in [0.2, 0.25) is 0 Å². The average molecular weight is 438 g/mol. The molecule has 0 saturated carbocycles. The predicted octanol–water partition coefficient (Wildman–Crippen LogP) is 8.30. The van der Waals surface area contributed by atoms with Gasteiger partial charge in [-0.15, -0.1) is 0 Å². The first-order valence-electron chi connectivity index (χ1n) is 14.1. The van der Waals surface area contributed by atoms with Gasteiger partial charge in [0.1, 0.15) is 6.10 Å². The highest BCUT2D eigenvalue weighted by Gasteiger charge is 2.26. The summed E-state index contributed by atoms with van der Waals surface area (Å²) in [5.74, 6) is 0.229. The van der Waals surface area contributed by atoms with E-state index in [0.717, 1.165) is 38.8 Å². The van der Waals surface area contributed by atoms with Gasteiger partial charge in [-0.3, -0.25) is 4.79 Å². The molecular weight excluding hydrogens is 382 g/mol. The summed E-state index contributed by atoms with van der Waals surface area (Å²) in [5.41, 5.74) is 0. The highest BCUT2D eigenvalue weighted by atomic mass is 16.5. The van der Waals surface area contributed by atoms with E-state index in [1.54, 1.807) is 0 Å². The van der Waals surface area contributed by atoms with Crippen molar-refractivity contribution >= 4 is 5.97 Å². The van der Waals surface area contributed by atoms with Gasteiger partial charge in [-0.25, -0.2) is 0 Å². The number of piperidine rings is 1. The molecule has 1 atom stereocenters. The topological polar surface area (TPSA) is 29.5 Å². The maximum Gasteiger partial charge on any atom is 0.309 e. The smallest absolute Gasteiger partial charge is 0.309 e. The van der Waals surface area contributed by atoms with Crippen LogP contribution in [0.15, 0.2) is 0 Å². The van der Waals surface area contributed by atoms with E-state index in [0.29, 0.717) is 0 Å². The molecule has 0 N–H and O–H groups in total. The second-order valence-corrected chi connectivity index (χ2v) is 10.2. The molecule has 0 aliphatic carbocycles. The molecule has 3 nitrogen and oxygen atoms in total. The first-order chi connectivity index (χ1) is 15.2. The molecular formula is C28H55NO2. The number of carbonyl (C=O) groups excluding carboxylic acids is 1. The molecule has 0 radical (unpaired) electrons. The number of esters is 1. The fourth-order valence-electron chi connectivity index (χ4n) is 4.78. The van der Waals surface area contributed by atoms with E-state index >= 15 is 0 Å². The average Bonchev–Trinajstić information content (AvgIpc) is 2.77. The Bertz CT molecular complexity index is 404. The van der Waals surface area contributed by atoms with E-state index < -0.39 is 0 Å². The highest BCUT2D eigenvalue weighted by molar-refractivity contribution is 5.72. The normalized spacial score (nSPS) is 16.5. The van der Waals surface area contributed by atoms with Gasteiger partial charge in [0.05, 0.1) is 5.92 Å². The molecule has 1 saturated heterocycles. The Morgan fingerprint density at radius 3 is 1.52 bits per heavy atom. The van der Waals surface area contributed by atoms with Crippen LogP contribution in [0.3, 0.4) is 0 Å². The van der Waals surface area contributed by atoms with Gasteiger partial charge in [0.2, 0.25) is 0 Å². The molecule has 1 rings (SSSR count). The Morgan fingerprint density at radius 1 is 0.710 bits per heavy atom. The molecule has 184 valence electrons. The Hall–Kier alpha value is -0.570. The minimum Gasteiger partial charge on any atom is -0.462 e. The number of rotatable bonds is 20. The first-order valence-corrected chi connectivity index (χ1v) is 14.1. The Labute approximate surface area is 195 Å². The number of unbranched alkanes of at least 4 members (excludes halogenated alkanes) is 14. The summed E-state index contributed by atoms with van der Waals surface area (Å²) in [6.45, 7) is 6.61. The van der Waals surface area contributed by atoms with Crippen LogP contribution in [0, 0.1) is 5.92 Å². The second-order valence-electron chi connectivity index (χ2n) is 10.2. The lowest BCUT2D eigenvalue weighted by molar-refractivity contribution is -0.156. The van der Waals surface area contributed by atoms with Gasteiger partial charge in [0.15, 0.2) is 0 Å². The van der Waals surface area contributed by atoms with E-state index in [9.17, 15) is 4.79 Å². The summed E-state index contributed by atoms with van der Waals surface area (Å²) < 4.78 is 6.08. The summed E-state index contributed by atoms with van der Waals surface area (Å²) >= 11 is 0. The van der Waals surface area contributed by atoms with E-state index in [-0.39, 0.29) is 18.0 Å². The first kappa shape index (κ1) is 28.5. The standard InChI is InChI=1S/C28H55NO2/c1-4-6-8-10-12-13-15-17-19-21-27(20-18-16-14-11-9-7-5-2)31-28(30)26-22-24-29(3)25-23-26/h26-27H,4-25H2,1-3H3. The third kappa shape index (κ3) is 15.8. The van der Waals surface area contributed by atoms with Crippen LogP contribution >= 0.6 is 0 Å². The molecule has 0 aromatic rings.